The molecule has 0 aliphatic rings. The maximum absolute atomic E-state index is 13.1. The van der Waals surface area contributed by atoms with Crippen LogP contribution in [0.1, 0.15) is 92.9 Å². The molecule has 0 aliphatic heterocycles. The third-order valence-electron chi connectivity index (χ3n) is 4.80. The van der Waals surface area contributed by atoms with Gasteiger partial charge in [0.05, 0.1) is 37.7 Å². The smallest absolute Gasteiger partial charge is 0.309 e. The Morgan fingerprint density at radius 2 is 0.964 bits per heavy atom. The molecule has 2 atom stereocenters. The molecule has 2 unspecified atom stereocenters. The lowest BCUT2D eigenvalue weighted by Crippen LogP contribution is -2.14. The van der Waals surface area contributed by atoms with Gasteiger partial charge in [0.1, 0.15) is 0 Å². The molecule has 0 saturated carbocycles. The van der Waals surface area contributed by atoms with Gasteiger partial charge in [0.2, 0.25) is 0 Å². The molecule has 0 radical (unpaired) electrons. The number of unbranched alkanes of at least 4 members (excludes halogenated alkanes) is 2. The monoisotopic (exact) mass is 442 g/mol. The van der Waals surface area contributed by atoms with Gasteiger partial charge in [0.25, 0.3) is 0 Å². The summed E-state index contributed by atoms with van der Waals surface area (Å²) in [5, 5.41) is 0. The van der Waals surface area contributed by atoms with Crippen LogP contribution in [-0.2, 0) is 27.2 Å². The lowest BCUT2D eigenvalue weighted by molar-refractivity contribution is 0.208. The van der Waals surface area contributed by atoms with E-state index in [-0.39, 0.29) is 11.3 Å². The highest BCUT2D eigenvalue weighted by atomic mass is 31.2. The van der Waals surface area contributed by atoms with Crippen molar-refractivity contribution < 1.29 is 27.2 Å². The maximum atomic E-state index is 13.1. The Labute approximate surface area is 173 Å². The van der Waals surface area contributed by atoms with Gasteiger partial charge in [0.15, 0.2) is 0 Å². The van der Waals surface area contributed by atoms with Gasteiger partial charge < -0.3 is 18.1 Å². The summed E-state index contributed by atoms with van der Waals surface area (Å²) < 4.78 is 48.2. The Morgan fingerprint density at radius 1 is 0.571 bits per heavy atom. The van der Waals surface area contributed by atoms with Crippen molar-refractivity contribution in [1.29, 1.82) is 0 Å². The summed E-state index contributed by atoms with van der Waals surface area (Å²) in [4.78, 5) is 0. The summed E-state index contributed by atoms with van der Waals surface area (Å²) in [6.07, 6.45) is 7.13. The normalized spacial score (nSPS) is 14.9. The number of hydrogen-bond donors (Lipinski definition) is 0. The standard InChI is InChI=1S/C20H44O6P2/c1-7-16-20(28(22,25-11-5)26-12-6)18-15-13-14-17-19(8-2)27(21,23-9-3)24-10-4/h19-20H,7-18H2,1-6H3. The minimum Gasteiger partial charge on any atom is -0.309 e. The second kappa shape index (κ2) is 16.1. The van der Waals surface area contributed by atoms with Crippen LogP contribution >= 0.6 is 15.2 Å². The summed E-state index contributed by atoms with van der Waals surface area (Å²) in [7, 11) is -6.09. The molecular formula is C20H44O6P2. The Morgan fingerprint density at radius 3 is 1.32 bits per heavy atom. The van der Waals surface area contributed by atoms with Crippen LogP contribution in [0.15, 0.2) is 0 Å². The van der Waals surface area contributed by atoms with Crippen molar-refractivity contribution in [2.24, 2.45) is 0 Å². The maximum Gasteiger partial charge on any atom is 0.333 e. The van der Waals surface area contributed by atoms with E-state index in [4.69, 9.17) is 18.1 Å². The van der Waals surface area contributed by atoms with Gasteiger partial charge in [-0.05, 0) is 53.4 Å². The Kier molecular flexibility index (Phi) is 16.2. The molecule has 0 aromatic carbocycles. The predicted molar refractivity (Wildman–Crippen MR) is 118 cm³/mol. The topological polar surface area (TPSA) is 71.1 Å². The van der Waals surface area contributed by atoms with Crippen LogP contribution in [0.3, 0.4) is 0 Å². The lowest BCUT2D eigenvalue weighted by Gasteiger charge is -2.27. The van der Waals surface area contributed by atoms with E-state index in [1.165, 1.54) is 0 Å². The lowest BCUT2D eigenvalue weighted by atomic mass is 10.1. The molecule has 0 aromatic rings. The first-order valence-corrected chi connectivity index (χ1v) is 14.4. The molecule has 0 aliphatic carbocycles. The molecule has 0 spiro atoms. The van der Waals surface area contributed by atoms with Crippen molar-refractivity contribution in [3.8, 4) is 0 Å². The summed E-state index contributed by atoms with van der Waals surface area (Å²) >= 11 is 0. The first-order chi connectivity index (χ1) is 13.4. The zero-order valence-electron chi connectivity index (χ0n) is 19.0. The van der Waals surface area contributed by atoms with Gasteiger partial charge in [0, 0.05) is 0 Å². The fraction of sp³-hybridized carbons (Fsp3) is 1.00. The van der Waals surface area contributed by atoms with Gasteiger partial charge >= 0.3 is 15.2 Å². The Bertz CT molecular complexity index is 452. The SMILES string of the molecule is CCCC(CCCCCC(CC)P(=O)(OCC)OCC)P(=O)(OCC)OCC. The van der Waals surface area contributed by atoms with E-state index < -0.39 is 15.2 Å². The highest BCUT2D eigenvalue weighted by molar-refractivity contribution is 7.54. The van der Waals surface area contributed by atoms with E-state index in [1.54, 1.807) is 0 Å². The minimum absolute atomic E-state index is 0.0441. The number of rotatable bonds is 19. The zero-order valence-corrected chi connectivity index (χ0v) is 20.8. The zero-order chi connectivity index (χ0) is 21.5. The minimum atomic E-state index is -3.05. The van der Waals surface area contributed by atoms with Crippen molar-refractivity contribution in [2.45, 2.75) is 104 Å². The molecule has 28 heavy (non-hydrogen) atoms. The third kappa shape index (κ3) is 9.87. The third-order valence-corrected chi connectivity index (χ3v) is 10.2. The van der Waals surface area contributed by atoms with Crippen molar-refractivity contribution >= 4 is 15.2 Å². The van der Waals surface area contributed by atoms with Crippen LogP contribution in [0, 0.1) is 0 Å². The summed E-state index contributed by atoms with van der Waals surface area (Å²) in [5.74, 6) is 0. The second-order valence-corrected chi connectivity index (χ2v) is 11.5. The van der Waals surface area contributed by atoms with Crippen molar-refractivity contribution in [1.82, 2.24) is 0 Å². The molecule has 0 bridgehead atoms. The Hall–Kier alpha value is 0.300. The largest absolute Gasteiger partial charge is 0.333 e. The van der Waals surface area contributed by atoms with E-state index in [9.17, 15) is 9.13 Å². The van der Waals surface area contributed by atoms with E-state index in [0.717, 1.165) is 51.4 Å². The molecule has 0 rings (SSSR count). The van der Waals surface area contributed by atoms with Gasteiger partial charge in [-0.25, -0.2) is 0 Å². The average Bonchev–Trinajstić information content (AvgIpc) is 2.64. The molecular weight excluding hydrogens is 398 g/mol. The van der Waals surface area contributed by atoms with Crippen LogP contribution in [0.25, 0.3) is 0 Å². The number of hydrogen-bond acceptors (Lipinski definition) is 6. The fourth-order valence-electron chi connectivity index (χ4n) is 3.53. The molecule has 170 valence electrons. The van der Waals surface area contributed by atoms with Gasteiger partial charge in [-0.2, -0.15) is 0 Å². The molecule has 8 heteroatoms. The van der Waals surface area contributed by atoms with Gasteiger partial charge in [-0.3, -0.25) is 9.13 Å². The van der Waals surface area contributed by atoms with Gasteiger partial charge in [-0.15, -0.1) is 0 Å². The first kappa shape index (κ1) is 28.3. The van der Waals surface area contributed by atoms with Gasteiger partial charge in [-0.1, -0.05) is 39.5 Å². The van der Waals surface area contributed by atoms with Crippen LogP contribution in [0.2, 0.25) is 0 Å². The second-order valence-electron chi connectivity index (χ2n) is 6.89. The molecule has 0 saturated heterocycles. The molecule has 0 aromatic heterocycles. The molecule has 0 amide bonds. The first-order valence-electron chi connectivity index (χ1n) is 11.1. The Balaban J connectivity index is 4.66. The predicted octanol–water partition coefficient (Wildman–Crippen LogP) is 7.42. The highest BCUT2D eigenvalue weighted by Crippen LogP contribution is 2.57. The van der Waals surface area contributed by atoms with E-state index in [2.05, 4.69) is 6.92 Å². The highest BCUT2D eigenvalue weighted by Gasteiger charge is 2.35. The van der Waals surface area contributed by atoms with Crippen molar-refractivity contribution in [2.75, 3.05) is 26.4 Å². The van der Waals surface area contributed by atoms with Crippen molar-refractivity contribution in [3.63, 3.8) is 0 Å². The molecule has 0 heterocycles. The van der Waals surface area contributed by atoms with Crippen LogP contribution in [-0.4, -0.2) is 37.7 Å². The summed E-state index contributed by atoms with van der Waals surface area (Å²) in [6, 6.07) is 0. The average molecular weight is 443 g/mol. The van der Waals surface area contributed by atoms with E-state index in [0.29, 0.717) is 26.4 Å². The van der Waals surface area contributed by atoms with Crippen molar-refractivity contribution in [3.05, 3.63) is 0 Å². The summed E-state index contributed by atoms with van der Waals surface area (Å²) in [5.41, 5.74) is -0.103. The van der Waals surface area contributed by atoms with E-state index >= 15 is 0 Å². The van der Waals surface area contributed by atoms with Crippen LogP contribution < -0.4 is 0 Å². The van der Waals surface area contributed by atoms with Crippen LogP contribution in [0.4, 0.5) is 0 Å². The fourth-order valence-corrected chi connectivity index (χ4v) is 7.98. The molecule has 0 fully saturated rings. The quantitative estimate of drug-likeness (QED) is 0.153. The molecule has 0 N–H and O–H groups in total. The summed E-state index contributed by atoms with van der Waals surface area (Å²) in [6.45, 7) is 13.1. The van der Waals surface area contributed by atoms with E-state index in [1.807, 2.05) is 34.6 Å². The van der Waals surface area contributed by atoms with Crippen LogP contribution in [0.5, 0.6) is 0 Å². The molecule has 6 nitrogen and oxygen atoms in total.